The molecule has 0 fully saturated rings. The Balaban J connectivity index is 2.95. The molecule has 46 valence electrons. The highest BCUT2D eigenvalue weighted by atomic mass is 35.5. The third-order valence-electron chi connectivity index (χ3n) is 0.892. The van der Waals surface area contributed by atoms with Crippen LogP contribution in [-0.2, 0) is 4.79 Å². The second-order valence-electron chi connectivity index (χ2n) is 1.62. The monoisotopic (exact) mass is 141 g/mol. The standard InChI is InChI=1S/C6H4ClNO/c1-4-2-5(7)3-8-6(4)9/h2-3H,1H2. The fourth-order valence-corrected chi connectivity index (χ4v) is 0.649. The SMILES string of the molecule is C=C1C=C(Cl)C=NC1=O. The number of nitrogens with zero attached hydrogens (tertiary/aromatic N) is 1. The van der Waals surface area contributed by atoms with Crippen molar-refractivity contribution in [2.24, 2.45) is 4.99 Å². The lowest BCUT2D eigenvalue weighted by Crippen LogP contribution is -2.00. The van der Waals surface area contributed by atoms with E-state index in [0.717, 1.165) is 0 Å². The Morgan fingerprint density at radius 3 is 2.78 bits per heavy atom. The number of halogens is 1. The molecule has 1 aliphatic rings. The Bertz CT molecular complexity index is 227. The van der Waals surface area contributed by atoms with Crippen molar-refractivity contribution in [3.05, 3.63) is 23.3 Å². The first-order chi connectivity index (χ1) is 4.20. The molecule has 0 aromatic carbocycles. The molecule has 2 nitrogen and oxygen atoms in total. The van der Waals surface area contributed by atoms with E-state index in [0.29, 0.717) is 10.6 Å². The maximum Gasteiger partial charge on any atom is 0.276 e. The molecule has 9 heavy (non-hydrogen) atoms. The number of amides is 1. The summed E-state index contributed by atoms with van der Waals surface area (Å²) in [7, 11) is 0. The van der Waals surface area contributed by atoms with E-state index >= 15 is 0 Å². The molecule has 0 spiro atoms. The summed E-state index contributed by atoms with van der Waals surface area (Å²) in [5.74, 6) is -0.320. The normalized spacial score (nSPS) is 18.1. The van der Waals surface area contributed by atoms with Gasteiger partial charge in [0.1, 0.15) is 0 Å². The van der Waals surface area contributed by atoms with Gasteiger partial charge in [0.15, 0.2) is 0 Å². The number of dihydropyridines is 1. The van der Waals surface area contributed by atoms with E-state index in [9.17, 15) is 4.79 Å². The summed E-state index contributed by atoms with van der Waals surface area (Å²) in [6, 6.07) is 0. The number of hydrogen-bond acceptors (Lipinski definition) is 1. The Morgan fingerprint density at radius 1 is 1.67 bits per heavy atom. The quantitative estimate of drug-likeness (QED) is 0.468. The smallest absolute Gasteiger partial charge is 0.267 e. The van der Waals surface area contributed by atoms with Crippen LogP contribution in [0.5, 0.6) is 0 Å². The second kappa shape index (κ2) is 2.15. The van der Waals surface area contributed by atoms with Crippen molar-refractivity contribution in [1.29, 1.82) is 0 Å². The van der Waals surface area contributed by atoms with Gasteiger partial charge in [0.25, 0.3) is 5.91 Å². The molecule has 0 atom stereocenters. The van der Waals surface area contributed by atoms with Crippen LogP contribution in [0, 0.1) is 0 Å². The van der Waals surface area contributed by atoms with Gasteiger partial charge in [-0.15, -0.1) is 0 Å². The highest BCUT2D eigenvalue weighted by molar-refractivity contribution is 6.41. The van der Waals surface area contributed by atoms with Gasteiger partial charge >= 0.3 is 0 Å². The first kappa shape index (κ1) is 6.23. The van der Waals surface area contributed by atoms with E-state index in [1.54, 1.807) is 0 Å². The van der Waals surface area contributed by atoms with E-state index in [4.69, 9.17) is 11.6 Å². The molecule has 1 aliphatic heterocycles. The van der Waals surface area contributed by atoms with Crippen molar-refractivity contribution < 1.29 is 4.79 Å². The van der Waals surface area contributed by atoms with Crippen molar-refractivity contribution in [3.63, 3.8) is 0 Å². The van der Waals surface area contributed by atoms with Crippen molar-refractivity contribution in [2.45, 2.75) is 0 Å². The summed E-state index contributed by atoms with van der Waals surface area (Å²) in [6.45, 7) is 3.42. The highest BCUT2D eigenvalue weighted by Crippen LogP contribution is 2.09. The molecule has 0 N–H and O–H groups in total. The molecular weight excluding hydrogens is 138 g/mol. The minimum absolute atomic E-state index is 0.320. The lowest BCUT2D eigenvalue weighted by Gasteiger charge is -1.97. The van der Waals surface area contributed by atoms with Crippen molar-refractivity contribution >= 4 is 23.7 Å². The van der Waals surface area contributed by atoms with E-state index in [-0.39, 0.29) is 5.91 Å². The first-order valence-electron chi connectivity index (χ1n) is 2.34. The molecule has 0 saturated carbocycles. The van der Waals surface area contributed by atoms with Crippen molar-refractivity contribution in [2.75, 3.05) is 0 Å². The second-order valence-corrected chi connectivity index (χ2v) is 2.05. The molecule has 0 unspecified atom stereocenters. The fraction of sp³-hybridized carbons (Fsp3) is 0. The van der Waals surface area contributed by atoms with E-state index in [1.807, 2.05) is 0 Å². The van der Waals surface area contributed by atoms with Crippen molar-refractivity contribution in [3.8, 4) is 0 Å². The fourth-order valence-electron chi connectivity index (χ4n) is 0.469. The Labute approximate surface area is 57.5 Å². The van der Waals surface area contributed by atoms with Gasteiger partial charge in [-0.2, -0.15) is 0 Å². The van der Waals surface area contributed by atoms with Crippen LogP contribution in [-0.4, -0.2) is 12.1 Å². The van der Waals surface area contributed by atoms with Crippen molar-refractivity contribution in [1.82, 2.24) is 0 Å². The van der Waals surface area contributed by atoms with E-state index < -0.39 is 0 Å². The molecule has 0 aliphatic carbocycles. The Hall–Kier alpha value is -0.890. The van der Waals surface area contributed by atoms with Gasteiger partial charge in [0.2, 0.25) is 0 Å². The zero-order chi connectivity index (χ0) is 6.85. The van der Waals surface area contributed by atoms with Crippen LogP contribution in [0.15, 0.2) is 28.3 Å². The van der Waals surface area contributed by atoms with Crippen LogP contribution in [0.2, 0.25) is 0 Å². The van der Waals surface area contributed by atoms with E-state index in [1.165, 1.54) is 12.3 Å². The lowest BCUT2D eigenvalue weighted by atomic mass is 10.2. The van der Waals surface area contributed by atoms with Gasteiger partial charge in [-0.05, 0) is 6.08 Å². The summed E-state index contributed by atoms with van der Waals surface area (Å²) in [5.41, 5.74) is 0.336. The van der Waals surface area contributed by atoms with Crippen LogP contribution in [0.3, 0.4) is 0 Å². The Kier molecular flexibility index (Phi) is 1.49. The van der Waals surface area contributed by atoms with Gasteiger partial charge in [-0.1, -0.05) is 18.2 Å². The van der Waals surface area contributed by atoms with Crippen LogP contribution in [0.25, 0.3) is 0 Å². The van der Waals surface area contributed by atoms with Gasteiger partial charge in [-0.25, -0.2) is 4.99 Å². The number of hydrogen-bond donors (Lipinski definition) is 0. The minimum atomic E-state index is -0.320. The number of aliphatic imine (C=N–C) groups is 1. The van der Waals surface area contributed by atoms with Crippen LogP contribution < -0.4 is 0 Å². The van der Waals surface area contributed by atoms with Gasteiger partial charge in [-0.3, -0.25) is 4.79 Å². The maximum atomic E-state index is 10.5. The van der Waals surface area contributed by atoms with Gasteiger partial charge in [0.05, 0.1) is 5.03 Å². The van der Waals surface area contributed by atoms with Gasteiger partial charge < -0.3 is 0 Å². The molecule has 0 bridgehead atoms. The summed E-state index contributed by atoms with van der Waals surface area (Å²) < 4.78 is 0. The predicted octanol–water partition coefficient (Wildman–Crippen LogP) is 1.28. The largest absolute Gasteiger partial charge is 0.276 e. The molecular formula is C6H4ClNO. The lowest BCUT2D eigenvalue weighted by molar-refractivity contribution is -0.114. The summed E-state index contributed by atoms with van der Waals surface area (Å²) in [4.78, 5) is 14.0. The minimum Gasteiger partial charge on any atom is -0.267 e. The zero-order valence-corrected chi connectivity index (χ0v) is 5.35. The summed E-state index contributed by atoms with van der Waals surface area (Å²) in [5, 5.41) is 0.444. The average molecular weight is 142 g/mol. The third-order valence-corrected chi connectivity index (χ3v) is 1.10. The third kappa shape index (κ3) is 1.27. The van der Waals surface area contributed by atoms with Crippen LogP contribution in [0.4, 0.5) is 0 Å². The highest BCUT2D eigenvalue weighted by Gasteiger charge is 2.06. The molecule has 0 radical (unpaired) electrons. The molecule has 1 rings (SSSR count). The molecule has 3 heteroatoms. The van der Waals surface area contributed by atoms with E-state index in [2.05, 4.69) is 11.6 Å². The molecule has 0 saturated heterocycles. The summed E-state index contributed by atoms with van der Waals surface area (Å²) >= 11 is 5.48. The zero-order valence-electron chi connectivity index (χ0n) is 4.60. The van der Waals surface area contributed by atoms with Crippen LogP contribution in [0.1, 0.15) is 0 Å². The number of carbonyl (C=O) groups excluding carboxylic acids is 1. The van der Waals surface area contributed by atoms with Gasteiger partial charge in [0, 0.05) is 11.8 Å². The predicted molar refractivity (Wildman–Crippen MR) is 36.6 cm³/mol. The Morgan fingerprint density at radius 2 is 2.33 bits per heavy atom. The molecule has 0 aromatic rings. The number of rotatable bonds is 0. The van der Waals surface area contributed by atoms with Crippen LogP contribution >= 0.6 is 11.6 Å². The summed E-state index contributed by atoms with van der Waals surface area (Å²) in [6.07, 6.45) is 2.79. The molecule has 1 amide bonds. The maximum absolute atomic E-state index is 10.5. The topological polar surface area (TPSA) is 29.4 Å². The molecule has 1 heterocycles. The number of allylic oxidation sites excluding steroid dienone is 1. The number of carbonyl (C=O) groups is 1. The average Bonchev–Trinajstić information content (AvgIpc) is 1.80. The molecule has 0 aromatic heterocycles. The first-order valence-corrected chi connectivity index (χ1v) is 2.72.